The lowest BCUT2D eigenvalue weighted by molar-refractivity contribution is -0.137. The van der Waals surface area contributed by atoms with Crippen LogP contribution in [0, 0.1) is 0 Å². The normalized spacial score (nSPS) is 23.9. The second-order valence-electron chi connectivity index (χ2n) is 4.79. The second-order valence-corrected chi connectivity index (χ2v) is 4.79. The molecule has 0 N–H and O–H groups in total. The number of ether oxygens (including phenoxy) is 1. The Hall–Kier alpha value is -0.610. The average Bonchev–Trinajstić information content (AvgIpc) is 2.83. The molecule has 2 aliphatic rings. The summed E-state index contributed by atoms with van der Waals surface area (Å²) in [5, 5.41) is 0. The highest BCUT2D eigenvalue weighted by Crippen LogP contribution is 2.24. The maximum Gasteiger partial charge on any atom is 0.248 e. The van der Waals surface area contributed by atoms with E-state index in [1.54, 1.807) is 7.11 Å². The first-order valence-electron chi connectivity index (χ1n) is 6.32. The average molecular weight is 226 g/mol. The van der Waals surface area contributed by atoms with Crippen LogP contribution in [0.1, 0.15) is 25.7 Å². The molecule has 0 aromatic carbocycles. The Morgan fingerprint density at radius 2 is 1.81 bits per heavy atom. The molecule has 0 atom stereocenters. The highest BCUT2D eigenvalue weighted by atomic mass is 16.5. The zero-order valence-corrected chi connectivity index (χ0v) is 10.2. The van der Waals surface area contributed by atoms with Crippen molar-refractivity contribution >= 4 is 5.91 Å². The lowest BCUT2D eigenvalue weighted by Gasteiger charge is -2.38. The van der Waals surface area contributed by atoms with Gasteiger partial charge in [0, 0.05) is 39.3 Å². The van der Waals surface area contributed by atoms with Crippen molar-refractivity contribution in [2.45, 2.75) is 31.7 Å². The summed E-state index contributed by atoms with van der Waals surface area (Å²) in [4.78, 5) is 16.1. The summed E-state index contributed by atoms with van der Waals surface area (Å²) >= 11 is 0. The Bertz CT molecular complexity index is 231. The third-order valence-corrected chi connectivity index (χ3v) is 3.78. The van der Waals surface area contributed by atoms with Gasteiger partial charge < -0.3 is 9.64 Å². The van der Waals surface area contributed by atoms with Crippen LogP contribution in [0.25, 0.3) is 0 Å². The lowest BCUT2D eigenvalue weighted by atomic mass is 10.2. The monoisotopic (exact) mass is 226 g/mol. The first kappa shape index (κ1) is 11.9. The molecular weight excluding hydrogens is 204 g/mol. The van der Waals surface area contributed by atoms with Crippen molar-refractivity contribution in [2.24, 2.45) is 0 Å². The van der Waals surface area contributed by atoms with Crippen LogP contribution in [0.15, 0.2) is 0 Å². The number of amides is 1. The van der Waals surface area contributed by atoms with Crippen LogP contribution in [0.3, 0.4) is 0 Å². The highest BCUT2D eigenvalue weighted by molar-refractivity contribution is 5.77. The number of carbonyl (C=O) groups is 1. The van der Waals surface area contributed by atoms with E-state index in [1.807, 2.05) is 4.90 Å². The van der Waals surface area contributed by atoms with Gasteiger partial charge in [0.05, 0.1) is 0 Å². The van der Waals surface area contributed by atoms with E-state index in [0.29, 0.717) is 0 Å². The molecular formula is C12H22N2O2. The van der Waals surface area contributed by atoms with Crippen LogP contribution in [-0.4, -0.2) is 61.6 Å². The van der Waals surface area contributed by atoms with E-state index in [-0.39, 0.29) is 12.5 Å². The van der Waals surface area contributed by atoms with Crippen molar-refractivity contribution in [1.29, 1.82) is 0 Å². The van der Waals surface area contributed by atoms with Gasteiger partial charge in [-0.1, -0.05) is 12.8 Å². The van der Waals surface area contributed by atoms with Crippen molar-refractivity contribution in [3.8, 4) is 0 Å². The summed E-state index contributed by atoms with van der Waals surface area (Å²) in [6, 6.07) is 0.791. The molecule has 1 saturated heterocycles. The first-order chi connectivity index (χ1) is 7.81. The van der Waals surface area contributed by atoms with Crippen molar-refractivity contribution in [2.75, 3.05) is 39.9 Å². The van der Waals surface area contributed by atoms with E-state index in [0.717, 1.165) is 32.2 Å². The fourth-order valence-electron chi connectivity index (χ4n) is 2.82. The maximum atomic E-state index is 11.6. The SMILES string of the molecule is COCC(=O)N1CCN(C2CCCC2)CC1. The number of hydrogen-bond acceptors (Lipinski definition) is 3. The van der Waals surface area contributed by atoms with Crippen molar-refractivity contribution < 1.29 is 9.53 Å². The molecule has 0 spiro atoms. The third kappa shape index (κ3) is 2.74. The van der Waals surface area contributed by atoms with E-state index in [2.05, 4.69) is 4.90 Å². The van der Waals surface area contributed by atoms with Crippen LogP contribution < -0.4 is 0 Å². The predicted molar refractivity (Wildman–Crippen MR) is 62.3 cm³/mol. The van der Waals surface area contributed by atoms with Gasteiger partial charge in [-0.15, -0.1) is 0 Å². The molecule has 0 unspecified atom stereocenters. The molecule has 1 heterocycles. The molecule has 92 valence electrons. The van der Waals surface area contributed by atoms with Gasteiger partial charge in [-0.2, -0.15) is 0 Å². The number of piperazine rings is 1. The summed E-state index contributed by atoms with van der Waals surface area (Å²) in [6.45, 7) is 4.06. The molecule has 0 aromatic heterocycles. The number of carbonyl (C=O) groups excluding carboxylic acids is 1. The lowest BCUT2D eigenvalue weighted by Crippen LogP contribution is -2.52. The molecule has 2 rings (SSSR count). The summed E-state index contributed by atoms with van der Waals surface area (Å²) < 4.78 is 4.88. The van der Waals surface area contributed by atoms with Gasteiger partial charge >= 0.3 is 0 Å². The van der Waals surface area contributed by atoms with Crippen LogP contribution >= 0.6 is 0 Å². The van der Waals surface area contributed by atoms with Crippen LogP contribution in [0.4, 0.5) is 0 Å². The van der Waals surface area contributed by atoms with E-state index in [9.17, 15) is 4.79 Å². The Morgan fingerprint density at radius 1 is 1.19 bits per heavy atom. The van der Waals surface area contributed by atoms with Gasteiger partial charge in [0.1, 0.15) is 6.61 Å². The third-order valence-electron chi connectivity index (χ3n) is 3.78. The van der Waals surface area contributed by atoms with Crippen molar-refractivity contribution in [1.82, 2.24) is 9.80 Å². The van der Waals surface area contributed by atoms with Crippen molar-refractivity contribution in [3.63, 3.8) is 0 Å². The zero-order valence-electron chi connectivity index (χ0n) is 10.2. The summed E-state index contributed by atoms with van der Waals surface area (Å²) in [7, 11) is 1.58. The Balaban J connectivity index is 1.75. The molecule has 4 heteroatoms. The maximum absolute atomic E-state index is 11.6. The zero-order chi connectivity index (χ0) is 11.4. The predicted octanol–water partition coefficient (Wildman–Crippen LogP) is 0.720. The van der Waals surface area contributed by atoms with Gasteiger partial charge in [0.25, 0.3) is 0 Å². The quantitative estimate of drug-likeness (QED) is 0.711. The van der Waals surface area contributed by atoms with Crippen LogP contribution in [-0.2, 0) is 9.53 Å². The number of methoxy groups -OCH3 is 1. The largest absolute Gasteiger partial charge is 0.375 e. The summed E-state index contributed by atoms with van der Waals surface area (Å²) in [5.74, 6) is 0.133. The summed E-state index contributed by atoms with van der Waals surface area (Å²) in [6.07, 6.45) is 5.47. The molecule has 0 bridgehead atoms. The second kappa shape index (κ2) is 5.64. The Morgan fingerprint density at radius 3 is 2.38 bits per heavy atom. The number of hydrogen-bond donors (Lipinski definition) is 0. The molecule has 0 aromatic rings. The van der Waals surface area contributed by atoms with E-state index < -0.39 is 0 Å². The molecule has 4 nitrogen and oxygen atoms in total. The standard InChI is InChI=1S/C12H22N2O2/c1-16-10-12(15)14-8-6-13(7-9-14)11-4-2-3-5-11/h11H,2-10H2,1H3. The van der Waals surface area contributed by atoms with Gasteiger partial charge in [-0.25, -0.2) is 0 Å². The minimum Gasteiger partial charge on any atom is -0.375 e. The van der Waals surface area contributed by atoms with Gasteiger partial charge in [0.15, 0.2) is 0 Å². The molecule has 1 amide bonds. The fraction of sp³-hybridized carbons (Fsp3) is 0.917. The van der Waals surface area contributed by atoms with E-state index in [4.69, 9.17) is 4.74 Å². The molecule has 0 radical (unpaired) electrons. The summed E-state index contributed by atoms with van der Waals surface area (Å²) in [5.41, 5.74) is 0. The Labute approximate surface area is 97.5 Å². The fourth-order valence-corrected chi connectivity index (χ4v) is 2.82. The molecule has 2 fully saturated rings. The first-order valence-corrected chi connectivity index (χ1v) is 6.32. The molecule has 16 heavy (non-hydrogen) atoms. The van der Waals surface area contributed by atoms with Gasteiger partial charge in [-0.3, -0.25) is 9.69 Å². The topological polar surface area (TPSA) is 32.8 Å². The van der Waals surface area contributed by atoms with Crippen LogP contribution in [0.5, 0.6) is 0 Å². The highest BCUT2D eigenvalue weighted by Gasteiger charge is 2.27. The van der Waals surface area contributed by atoms with Gasteiger partial charge in [0.2, 0.25) is 5.91 Å². The smallest absolute Gasteiger partial charge is 0.248 e. The van der Waals surface area contributed by atoms with E-state index in [1.165, 1.54) is 25.7 Å². The minimum atomic E-state index is 0.133. The van der Waals surface area contributed by atoms with Crippen LogP contribution in [0.2, 0.25) is 0 Å². The van der Waals surface area contributed by atoms with E-state index >= 15 is 0 Å². The molecule has 1 aliphatic carbocycles. The number of rotatable bonds is 3. The molecule has 1 aliphatic heterocycles. The Kier molecular flexibility index (Phi) is 4.18. The number of nitrogens with zero attached hydrogens (tertiary/aromatic N) is 2. The minimum absolute atomic E-state index is 0.133. The molecule has 1 saturated carbocycles. The van der Waals surface area contributed by atoms with Gasteiger partial charge in [-0.05, 0) is 12.8 Å². The van der Waals surface area contributed by atoms with Crippen molar-refractivity contribution in [3.05, 3.63) is 0 Å².